The van der Waals surface area contributed by atoms with Gasteiger partial charge in [-0.25, -0.2) is 9.97 Å². The minimum absolute atomic E-state index is 0.00966. The number of ether oxygens (including phenoxy) is 3. The van der Waals surface area contributed by atoms with E-state index in [1.807, 2.05) is 30.3 Å². The van der Waals surface area contributed by atoms with E-state index >= 15 is 0 Å². The van der Waals surface area contributed by atoms with E-state index in [0.717, 1.165) is 30.6 Å². The minimum Gasteiger partial charge on any atom is -0.489 e. The van der Waals surface area contributed by atoms with Crippen molar-refractivity contribution in [2.75, 3.05) is 70.3 Å². The number of rotatable bonds is 11. The number of methoxy groups -OCH3 is 1. The summed E-state index contributed by atoms with van der Waals surface area (Å²) in [6, 6.07) is 14.0. The van der Waals surface area contributed by atoms with E-state index in [2.05, 4.69) is 49.5 Å². The van der Waals surface area contributed by atoms with E-state index in [0.29, 0.717) is 55.7 Å². The van der Waals surface area contributed by atoms with Gasteiger partial charge in [-0.05, 0) is 18.6 Å². The maximum atomic E-state index is 13.0. The Morgan fingerprint density at radius 2 is 2.05 bits per heavy atom. The Labute approximate surface area is 239 Å². The van der Waals surface area contributed by atoms with Crippen molar-refractivity contribution < 1.29 is 23.8 Å². The van der Waals surface area contributed by atoms with E-state index in [9.17, 15) is 9.59 Å². The molecule has 216 valence electrons. The molecule has 1 aromatic heterocycles. The lowest BCUT2D eigenvalue weighted by Crippen LogP contribution is -2.59. The number of nitrogens with one attached hydrogen (secondary N) is 2. The maximum Gasteiger partial charge on any atom is 0.320 e. The lowest BCUT2D eigenvalue weighted by atomic mass is 10.1. The third kappa shape index (κ3) is 7.37. The first-order chi connectivity index (χ1) is 20.0. The molecule has 41 heavy (non-hydrogen) atoms. The van der Waals surface area contributed by atoms with Crippen molar-refractivity contribution in [3.63, 3.8) is 0 Å². The SMILES string of the molecule is COCCOc1cc2ncnc(NC(C)c3ccccc3)c2cc1NC(=O)/C=C/CN1CCN2CC(=O)OCC2C1. The summed E-state index contributed by atoms with van der Waals surface area (Å²) in [6.07, 6.45) is 4.90. The Balaban J connectivity index is 1.29. The van der Waals surface area contributed by atoms with Gasteiger partial charge in [-0.15, -0.1) is 0 Å². The summed E-state index contributed by atoms with van der Waals surface area (Å²) >= 11 is 0. The molecule has 2 saturated heterocycles. The van der Waals surface area contributed by atoms with Crippen LogP contribution in [0.15, 0.2) is 60.9 Å². The highest BCUT2D eigenvalue weighted by Crippen LogP contribution is 2.33. The van der Waals surface area contributed by atoms with Crippen molar-refractivity contribution in [2.45, 2.75) is 19.0 Å². The molecule has 11 nitrogen and oxygen atoms in total. The topological polar surface area (TPSA) is 118 Å². The lowest BCUT2D eigenvalue weighted by Gasteiger charge is -2.42. The Bertz CT molecular complexity index is 1380. The quantitative estimate of drug-likeness (QED) is 0.206. The molecule has 0 spiro atoms. The smallest absolute Gasteiger partial charge is 0.320 e. The standard InChI is InChI=1S/C30H36N6O5/c1-21(22-7-4-3-5-8-22)33-30-24-15-26(27(40-14-13-39-2)16-25(24)31-20-32-30)34-28(37)9-6-10-35-11-12-36-18-29(38)41-19-23(36)17-35/h3-9,15-16,20-21,23H,10-14,17-19H2,1-2H3,(H,34,37)(H,31,32,33)/b9-6+. The second kappa shape index (κ2) is 13.5. The van der Waals surface area contributed by atoms with Gasteiger partial charge in [0.25, 0.3) is 0 Å². The number of benzene rings is 2. The third-order valence-electron chi connectivity index (χ3n) is 7.28. The van der Waals surface area contributed by atoms with Crippen LogP contribution < -0.4 is 15.4 Å². The number of amides is 1. The highest BCUT2D eigenvalue weighted by molar-refractivity contribution is 6.03. The number of fused-ring (bicyclic) bond motifs is 2. The van der Waals surface area contributed by atoms with Gasteiger partial charge in [0.15, 0.2) is 0 Å². The molecule has 2 fully saturated rings. The molecule has 0 saturated carbocycles. The van der Waals surface area contributed by atoms with Gasteiger partial charge >= 0.3 is 5.97 Å². The predicted octanol–water partition coefficient (Wildman–Crippen LogP) is 2.87. The number of morpholine rings is 1. The summed E-state index contributed by atoms with van der Waals surface area (Å²) in [5.74, 6) is 0.731. The number of carbonyl (C=O) groups is 2. The number of aromatic nitrogens is 2. The number of anilines is 2. The van der Waals surface area contributed by atoms with Gasteiger partial charge in [-0.2, -0.15) is 0 Å². The zero-order chi connectivity index (χ0) is 28.6. The van der Waals surface area contributed by atoms with Crippen LogP contribution in [-0.4, -0.2) is 97.3 Å². The van der Waals surface area contributed by atoms with Crippen molar-refractivity contribution in [1.29, 1.82) is 0 Å². The summed E-state index contributed by atoms with van der Waals surface area (Å²) in [5, 5.41) is 7.21. The van der Waals surface area contributed by atoms with Crippen LogP contribution in [0.3, 0.4) is 0 Å². The molecule has 3 aromatic rings. The predicted molar refractivity (Wildman–Crippen MR) is 156 cm³/mol. The van der Waals surface area contributed by atoms with Crippen LogP contribution >= 0.6 is 0 Å². The second-order valence-corrected chi connectivity index (χ2v) is 10.2. The summed E-state index contributed by atoms with van der Waals surface area (Å²) in [7, 11) is 1.61. The third-order valence-corrected chi connectivity index (χ3v) is 7.28. The van der Waals surface area contributed by atoms with Crippen molar-refractivity contribution in [3.05, 3.63) is 66.5 Å². The summed E-state index contributed by atoms with van der Waals surface area (Å²) < 4.78 is 16.3. The molecular weight excluding hydrogens is 524 g/mol. The van der Waals surface area contributed by atoms with E-state index in [-0.39, 0.29) is 24.0 Å². The van der Waals surface area contributed by atoms with Crippen LogP contribution in [0, 0.1) is 0 Å². The lowest BCUT2D eigenvalue weighted by molar-refractivity contribution is -0.157. The first kappa shape index (κ1) is 28.5. The normalized spacial score (nSPS) is 18.6. The van der Waals surface area contributed by atoms with Crippen molar-refractivity contribution in [2.24, 2.45) is 0 Å². The molecule has 2 aromatic carbocycles. The first-order valence-corrected chi connectivity index (χ1v) is 13.8. The van der Waals surface area contributed by atoms with E-state index in [4.69, 9.17) is 14.2 Å². The number of hydrogen-bond acceptors (Lipinski definition) is 10. The number of hydrogen-bond donors (Lipinski definition) is 2. The Kier molecular flexibility index (Phi) is 9.40. The van der Waals surface area contributed by atoms with E-state index in [1.54, 1.807) is 13.2 Å². The van der Waals surface area contributed by atoms with Gasteiger partial charge in [-0.3, -0.25) is 19.4 Å². The molecule has 2 unspecified atom stereocenters. The van der Waals surface area contributed by atoms with Crippen molar-refractivity contribution in [3.8, 4) is 5.75 Å². The molecule has 2 aliphatic heterocycles. The molecule has 0 aliphatic carbocycles. The van der Waals surface area contributed by atoms with Crippen LogP contribution in [0.25, 0.3) is 10.9 Å². The summed E-state index contributed by atoms with van der Waals surface area (Å²) in [5.41, 5.74) is 2.34. The minimum atomic E-state index is -0.268. The summed E-state index contributed by atoms with van der Waals surface area (Å²) in [4.78, 5) is 37.8. The fraction of sp³-hybridized carbons (Fsp3) is 0.400. The number of piperazine rings is 1. The first-order valence-electron chi connectivity index (χ1n) is 13.8. The second-order valence-electron chi connectivity index (χ2n) is 10.2. The Morgan fingerprint density at radius 3 is 2.88 bits per heavy atom. The van der Waals surface area contributed by atoms with Crippen molar-refractivity contribution >= 4 is 34.3 Å². The molecule has 2 aliphatic rings. The van der Waals surface area contributed by atoms with Crippen LogP contribution in [0.2, 0.25) is 0 Å². The van der Waals surface area contributed by atoms with Crippen molar-refractivity contribution in [1.82, 2.24) is 19.8 Å². The van der Waals surface area contributed by atoms with Gasteiger partial charge in [0.05, 0.1) is 30.4 Å². The van der Waals surface area contributed by atoms with Gasteiger partial charge in [0.1, 0.15) is 31.1 Å². The zero-order valence-corrected chi connectivity index (χ0v) is 23.4. The summed E-state index contributed by atoms with van der Waals surface area (Å²) in [6.45, 7) is 6.62. The molecule has 2 atom stereocenters. The fourth-order valence-electron chi connectivity index (χ4n) is 5.05. The molecular formula is C30H36N6O5. The zero-order valence-electron chi connectivity index (χ0n) is 23.4. The number of carbonyl (C=O) groups excluding carboxylic acids is 2. The molecule has 0 radical (unpaired) electrons. The number of esters is 1. The van der Waals surface area contributed by atoms with E-state index in [1.165, 1.54) is 12.4 Å². The van der Waals surface area contributed by atoms with Gasteiger partial charge < -0.3 is 24.8 Å². The molecule has 2 N–H and O–H groups in total. The highest BCUT2D eigenvalue weighted by Gasteiger charge is 2.32. The molecule has 1 amide bonds. The number of cyclic esters (lactones) is 1. The van der Waals surface area contributed by atoms with Gasteiger partial charge in [0, 0.05) is 56.9 Å². The molecule has 3 heterocycles. The van der Waals surface area contributed by atoms with Gasteiger partial charge in [-0.1, -0.05) is 36.4 Å². The van der Waals surface area contributed by atoms with E-state index < -0.39 is 0 Å². The van der Waals surface area contributed by atoms with Crippen LogP contribution in [0.4, 0.5) is 11.5 Å². The molecule has 0 bridgehead atoms. The fourth-order valence-corrected chi connectivity index (χ4v) is 5.05. The van der Waals surface area contributed by atoms with Gasteiger partial charge in [0.2, 0.25) is 5.91 Å². The molecule has 5 rings (SSSR count). The van der Waals surface area contributed by atoms with Crippen LogP contribution in [-0.2, 0) is 19.1 Å². The highest BCUT2D eigenvalue weighted by atomic mass is 16.5. The monoisotopic (exact) mass is 560 g/mol. The largest absolute Gasteiger partial charge is 0.489 e. The average Bonchev–Trinajstić information content (AvgIpc) is 2.98. The van der Waals surface area contributed by atoms with Crippen LogP contribution in [0.1, 0.15) is 18.5 Å². The molecule has 11 heteroatoms. The average molecular weight is 561 g/mol. The van der Waals surface area contributed by atoms with Crippen LogP contribution in [0.5, 0.6) is 5.75 Å². The Morgan fingerprint density at radius 1 is 1.20 bits per heavy atom. The Hall–Kier alpha value is -4.06. The number of nitrogens with zero attached hydrogens (tertiary/aromatic N) is 4. The maximum absolute atomic E-state index is 13.0.